The summed E-state index contributed by atoms with van der Waals surface area (Å²) in [7, 11) is 0. The van der Waals surface area contributed by atoms with E-state index < -0.39 is 0 Å². The van der Waals surface area contributed by atoms with Crippen LogP contribution < -0.4 is 0 Å². The van der Waals surface area contributed by atoms with Crippen molar-refractivity contribution in [3.63, 3.8) is 0 Å². The number of hydrogen-bond acceptors (Lipinski definition) is 1. The molecule has 150 valence electrons. The Hall–Kier alpha value is -2.15. The number of rotatable bonds is 7. The molecule has 0 radical (unpaired) electrons. The van der Waals surface area contributed by atoms with Gasteiger partial charge in [-0.05, 0) is 71.8 Å². The lowest BCUT2D eigenvalue weighted by molar-refractivity contribution is 0.411. The van der Waals surface area contributed by atoms with Crippen LogP contribution in [0.15, 0.2) is 59.7 Å². The van der Waals surface area contributed by atoms with Gasteiger partial charge in [-0.1, -0.05) is 83.1 Å². The van der Waals surface area contributed by atoms with Crippen LogP contribution in [0.4, 0.5) is 0 Å². The van der Waals surface area contributed by atoms with E-state index in [1.54, 1.807) is 0 Å². The van der Waals surface area contributed by atoms with E-state index in [4.69, 9.17) is 0 Å². The maximum Gasteiger partial charge on any atom is 0.0299 e. The molecule has 0 aliphatic carbocycles. The van der Waals surface area contributed by atoms with Crippen molar-refractivity contribution in [1.82, 2.24) is 0 Å². The second kappa shape index (κ2) is 9.87. The lowest BCUT2D eigenvalue weighted by atomic mass is 9.82. The van der Waals surface area contributed by atoms with Crippen molar-refractivity contribution >= 4 is 11.8 Å². The number of hydrogen-bond donors (Lipinski definition) is 0. The van der Waals surface area contributed by atoms with E-state index in [-0.39, 0.29) is 0 Å². The molecule has 2 atom stereocenters. The van der Waals surface area contributed by atoms with Crippen LogP contribution in [-0.4, -0.2) is 6.21 Å². The van der Waals surface area contributed by atoms with Gasteiger partial charge in [-0.3, -0.25) is 4.99 Å². The van der Waals surface area contributed by atoms with Crippen LogP contribution in [0.1, 0.15) is 89.0 Å². The van der Waals surface area contributed by atoms with E-state index in [1.807, 2.05) is 19.3 Å². The maximum atomic E-state index is 4.31. The highest BCUT2D eigenvalue weighted by atomic mass is 14.7. The van der Waals surface area contributed by atoms with Gasteiger partial charge in [0.05, 0.1) is 0 Å². The van der Waals surface area contributed by atoms with Crippen LogP contribution in [0.25, 0.3) is 5.57 Å². The van der Waals surface area contributed by atoms with Crippen LogP contribution in [0, 0.1) is 5.41 Å². The molecule has 0 aliphatic rings. The largest absolute Gasteiger partial charge is 0.269 e. The normalized spacial score (nSPS) is 15.0. The summed E-state index contributed by atoms with van der Waals surface area (Å²) >= 11 is 0. The van der Waals surface area contributed by atoms with Crippen molar-refractivity contribution in [2.45, 2.75) is 73.1 Å². The first kappa shape index (κ1) is 22.1. The Bertz CT molecular complexity index is 820. The molecule has 0 saturated carbocycles. The highest BCUT2D eigenvalue weighted by Gasteiger charge is 2.17. The third-order valence-electron chi connectivity index (χ3n) is 5.30. The Morgan fingerprint density at radius 3 is 2.39 bits per heavy atom. The molecule has 2 aromatic carbocycles. The summed E-state index contributed by atoms with van der Waals surface area (Å²) in [6.07, 6.45) is 6.06. The maximum absolute atomic E-state index is 4.31. The summed E-state index contributed by atoms with van der Waals surface area (Å²) in [5.74, 6) is 1.02. The summed E-state index contributed by atoms with van der Waals surface area (Å²) in [5.41, 5.74) is 7.17. The highest BCUT2D eigenvalue weighted by molar-refractivity contribution is 5.68. The minimum Gasteiger partial charge on any atom is -0.269 e. The second-order valence-corrected chi connectivity index (χ2v) is 9.33. The molecule has 0 heterocycles. The first-order valence-corrected chi connectivity index (χ1v) is 10.5. The molecular weight excluding hydrogens is 338 g/mol. The SMILES string of the molecule is CC=N/C=C(\C)c1ccccc1C(C)CC(C)c1cccc(CC(C)(C)C)c1. The fourth-order valence-electron chi connectivity index (χ4n) is 3.96. The Balaban J connectivity index is 2.20. The third-order valence-corrected chi connectivity index (χ3v) is 5.30. The van der Waals surface area contributed by atoms with Crippen molar-refractivity contribution in [1.29, 1.82) is 0 Å². The van der Waals surface area contributed by atoms with Gasteiger partial charge >= 0.3 is 0 Å². The molecule has 0 N–H and O–H groups in total. The van der Waals surface area contributed by atoms with E-state index in [0.29, 0.717) is 17.3 Å². The van der Waals surface area contributed by atoms with Gasteiger partial charge in [-0.2, -0.15) is 0 Å². The zero-order valence-electron chi connectivity index (χ0n) is 18.8. The smallest absolute Gasteiger partial charge is 0.0299 e. The fraction of sp³-hybridized carbons (Fsp3) is 0.444. The minimum absolute atomic E-state index is 0.318. The molecule has 0 aromatic heterocycles. The van der Waals surface area contributed by atoms with Crippen LogP contribution in [-0.2, 0) is 6.42 Å². The summed E-state index contributed by atoms with van der Waals surface area (Å²) in [6.45, 7) is 15.7. The molecule has 28 heavy (non-hydrogen) atoms. The average molecular weight is 376 g/mol. The van der Waals surface area contributed by atoms with Gasteiger partial charge in [0.15, 0.2) is 0 Å². The quantitative estimate of drug-likeness (QED) is 0.434. The Morgan fingerprint density at radius 1 is 1.00 bits per heavy atom. The van der Waals surface area contributed by atoms with Gasteiger partial charge in [0, 0.05) is 12.4 Å². The van der Waals surface area contributed by atoms with Crippen molar-refractivity contribution in [3.8, 4) is 0 Å². The van der Waals surface area contributed by atoms with Gasteiger partial charge < -0.3 is 0 Å². The standard InChI is InChI=1S/C27H37N/c1-8-28-19-22(4)26-15-10-9-14-25(26)21(3)16-20(2)24-13-11-12-23(17-24)18-27(5,6)7/h8-15,17,19-21H,16,18H2,1-7H3/b22-19+,28-8?. The van der Waals surface area contributed by atoms with Gasteiger partial charge in [0.1, 0.15) is 0 Å². The predicted molar refractivity (Wildman–Crippen MR) is 125 cm³/mol. The minimum atomic E-state index is 0.318. The zero-order chi connectivity index (χ0) is 20.7. The van der Waals surface area contributed by atoms with E-state index in [0.717, 1.165) is 12.8 Å². The fourth-order valence-corrected chi connectivity index (χ4v) is 3.96. The summed E-state index contributed by atoms with van der Waals surface area (Å²) in [5, 5.41) is 0. The van der Waals surface area contributed by atoms with Gasteiger partial charge in [0.25, 0.3) is 0 Å². The first-order valence-electron chi connectivity index (χ1n) is 10.5. The first-order chi connectivity index (χ1) is 13.2. The summed E-state index contributed by atoms with van der Waals surface area (Å²) in [6, 6.07) is 18.0. The second-order valence-electron chi connectivity index (χ2n) is 9.33. The Kier molecular flexibility index (Phi) is 7.80. The molecule has 0 saturated heterocycles. The predicted octanol–water partition coefficient (Wildman–Crippen LogP) is 8.02. The van der Waals surface area contributed by atoms with E-state index >= 15 is 0 Å². The third kappa shape index (κ3) is 6.48. The van der Waals surface area contributed by atoms with Crippen molar-refractivity contribution in [2.24, 2.45) is 10.4 Å². The zero-order valence-corrected chi connectivity index (χ0v) is 18.8. The lowest BCUT2D eigenvalue weighted by Crippen LogP contribution is -2.10. The molecule has 0 bridgehead atoms. The molecular formula is C27H37N. The molecule has 1 nitrogen and oxygen atoms in total. The van der Waals surface area contributed by atoms with Crippen LogP contribution in [0.5, 0.6) is 0 Å². The van der Waals surface area contributed by atoms with Crippen molar-refractivity contribution in [3.05, 3.63) is 77.0 Å². The Labute approximate surface area is 172 Å². The number of nitrogens with zero attached hydrogens (tertiary/aromatic N) is 1. The van der Waals surface area contributed by atoms with Crippen LogP contribution >= 0.6 is 0 Å². The monoisotopic (exact) mass is 375 g/mol. The molecule has 2 unspecified atom stereocenters. The number of benzene rings is 2. The number of aliphatic imine (C=N–C) groups is 1. The van der Waals surface area contributed by atoms with Crippen molar-refractivity contribution in [2.75, 3.05) is 0 Å². The molecule has 0 aliphatic heterocycles. The van der Waals surface area contributed by atoms with Crippen molar-refractivity contribution < 1.29 is 0 Å². The topological polar surface area (TPSA) is 12.4 Å². The van der Waals surface area contributed by atoms with Crippen LogP contribution in [0.3, 0.4) is 0 Å². The lowest BCUT2D eigenvalue weighted by Gasteiger charge is -2.22. The van der Waals surface area contributed by atoms with E-state index in [2.05, 4.69) is 95.1 Å². The molecule has 0 spiro atoms. The number of allylic oxidation sites excluding steroid dienone is 1. The molecule has 1 heteroatoms. The summed E-state index contributed by atoms with van der Waals surface area (Å²) < 4.78 is 0. The highest BCUT2D eigenvalue weighted by Crippen LogP contribution is 2.34. The molecule has 2 aromatic rings. The Morgan fingerprint density at radius 2 is 1.71 bits per heavy atom. The summed E-state index contributed by atoms with van der Waals surface area (Å²) in [4.78, 5) is 4.31. The van der Waals surface area contributed by atoms with E-state index in [1.165, 1.54) is 27.8 Å². The molecule has 0 fully saturated rings. The molecule has 2 rings (SSSR count). The van der Waals surface area contributed by atoms with E-state index in [9.17, 15) is 0 Å². The van der Waals surface area contributed by atoms with Gasteiger partial charge in [0.2, 0.25) is 0 Å². The molecule has 0 amide bonds. The van der Waals surface area contributed by atoms with Gasteiger partial charge in [-0.25, -0.2) is 0 Å². The average Bonchev–Trinajstić information content (AvgIpc) is 2.64. The van der Waals surface area contributed by atoms with Gasteiger partial charge in [-0.15, -0.1) is 0 Å². The van der Waals surface area contributed by atoms with Crippen LogP contribution in [0.2, 0.25) is 0 Å².